The van der Waals surface area contributed by atoms with Gasteiger partial charge in [-0.2, -0.15) is 0 Å². The van der Waals surface area contributed by atoms with E-state index in [1.165, 1.54) is 27.5 Å². The molecule has 0 radical (unpaired) electrons. The van der Waals surface area contributed by atoms with Gasteiger partial charge >= 0.3 is 0 Å². The fraction of sp³-hybridized carbons (Fsp3) is 0. The number of nitrogens with one attached hydrogen (secondary N) is 1. The van der Waals surface area contributed by atoms with Gasteiger partial charge in [0.15, 0.2) is 0 Å². The van der Waals surface area contributed by atoms with Gasteiger partial charge in [-0.05, 0) is 24.3 Å². The molecule has 0 fully saturated rings. The van der Waals surface area contributed by atoms with E-state index in [4.69, 9.17) is 0 Å². The van der Waals surface area contributed by atoms with Crippen LogP contribution in [0.1, 0.15) is 0 Å². The van der Waals surface area contributed by atoms with Crippen molar-refractivity contribution >= 4 is 21.8 Å². The van der Waals surface area contributed by atoms with E-state index in [9.17, 15) is 0 Å². The average Bonchev–Trinajstić information content (AvgIpc) is 3.05. The Morgan fingerprint density at radius 1 is 0.722 bits per heavy atom. The summed E-state index contributed by atoms with van der Waals surface area (Å²) in [6, 6.07) is 18.9. The molecule has 0 spiro atoms. The normalized spacial score (nSPS) is 11.3. The fourth-order valence-electron chi connectivity index (χ4n) is 2.57. The molecule has 0 aliphatic rings. The first-order valence-electron chi connectivity index (χ1n) is 6.06. The van der Waals surface area contributed by atoms with Gasteiger partial charge in [0.2, 0.25) is 0 Å². The third kappa shape index (κ3) is 1.23. The molecule has 0 saturated heterocycles. The minimum atomic E-state index is 1.19. The zero-order valence-corrected chi connectivity index (χ0v) is 9.80. The van der Waals surface area contributed by atoms with Crippen molar-refractivity contribution in [3.63, 3.8) is 0 Å². The van der Waals surface area contributed by atoms with Gasteiger partial charge in [0.1, 0.15) is 0 Å². The van der Waals surface area contributed by atoms with Gasteiger partial charge in [0.05, 0.1) is 11.2 Å². The van der Waals surface area contributed by atoms with E-state index < -0.39 is 0 Å². The lowest BCUT2D eigenvalue weighted by Crippen LogP contribution is -1.90. The van der Waals surface area contributed by atoms with Crippen LogP contribution in [0.15, 0.2) is 67.0 Å². The minimum absolute atomic E-state index is 1.19. The Morgan fingerprint density at radius 3 is 2.39 bits per heavy atom. The molecule has 0 amide bonds. The van der Waals surface area contributed by atoms with Crippen molar-refractivity contribution in [3.8, 4) is 5.69 Å². The number of benzene rings is 2. The van der Waals surface area contributed by atoms with E-state index in [1.807, 2.05) is 12.1 Å². The molecule has 0 unspecified atom stereocenters. The largest absolute Gasteiger partial charge is 0.353 e. The van der Waals surface area contributed by atoms with E-state index in [2.05, 4.69) is 64.4 Å². The van der Waals surface area contributed by atoms with Crippen LogP contribution in [-0.2, 0) is 0 Å². The molecule has 0 aliphatic heterocycles. The highest BCUT2D eigenvalue weighted by Crippen LogP contribution is 2.29. The van der Waals surface area contributed by atoms with Crippen LogP contribution in [-0.4, -0.2) is 9.55 Å². The highest BCUT2D eigenvalue weighted by molar-refractivity contribution is 6.09. The second-order valence-corrected chi connectivity index (χ2v) is 4.46. The molecule has 4 rings (SSSR count). The lowest BCUT2D eigenvalue weighted by molar-refractivity contribution is 1.09. The van der Waals surface area contributed by atoms with Crippen LogP contribution in [0.2, 0.25) is 0 Å². The molecule has 0 saturated carbocycles. The maximum absolute atomic E-state index is 3.51. The molecule has 2 nitrogen and oxygen atoms in total. The van der Waals surface area contributed by atoms with Crippen LogP contribution in [0.25, 0.3) is 27.5 Å². The molecule has 0 atom stereocenters. The Labute approximate surface area is 104 Å². The predicted molar refractivity (Wildman–Crippen MR) is 75.1 cm³/mol. The highest BCUT2D eigenvalue weighted by atomic mass is 15.0. The van der Waals surface area contributed by atoms with Crippen molar-refractivity contribution in [1.82, 2.24) is 9.55 Å². The first kappa shape index (κ1) is 9.54. The number of aromatic nitrogens is 2. The standard InChI is InChI=1S/C16H12N2/c1-2-8-14-12(6-1)13-7-5-9-15(16(13)17-14)18-10-3-4-11-18/h1-11,17H. The molecule has 2 aromatic carbocycles. The zero-order chi connectivity index (χ0) is 11.9. The molecule has 2 heterocycles. The number of fused-ring (bicyclic) bond motifs is 3. The van der Waals surface area contributed by atoms with Crippen LogP contribution in [0.4, 0.5) is 0 Å². The number of para-hydroxylation sites is 2. The van der Waals surface area contributed by atoms with Gasteiger partial charge in [-0.1, -0.05) is 30.3 Å². The van der Waals surface area contributed by atoms with Crippen LogP contribution >= 0.6 is 0 Å². The SMILES string of the molecule is c1ccc2c(c1)[nH]c1c(-n3cccc3)cccc12. The Morgan fingerprint density at radius 2 is 1.50 bits per heavy atom. The van der Waals surface area contributed by atoms with E-state index in [0.717, 1.165) is 0 Å². The lowest BCUT2D eigenvalue weighted by Gasteiger charge is -2.04. The summed E-state index contributed by atoms with van der Waals surface area (Å²) in [6.45, 7) is 0. The van der Waals surface area contributed by atoms with Crippen molar-refractivity contribution in [2.24, 2.45) is 0 Å². The molecular weight excluding hydrogens is 220 g/mol. The number of nitrogens with zero attached hydrogens (tertiary/aromatic N) is 1. The van der Waals surface area contributed by atoms with Crippen molar-refractivity contribution < 1.29 is 0 Å². The first-order valence-corrected chi connectivity index (χ1v) is 6.06. The second kappa shape index (κ2) is 3.50. The maximum atomic E-state index is 3.51. The second-order valence-electron chi connectivity index (χ2n) is 4.46. The molecule has 4 aromatic rings. The van der Waals surface area contributed by atoms with Crippen molar-refractivity contribution in [2.45, 2.75) is 0 Å². The summed E-state index contributed by atoms with van der Waals surface area (Å²) in [5.74, 6) is 0. The van der Waals surface area contributed by atoms with Gasteiger partial charge in [0, 0.05) is 28.7 Å². The summed E-state index contributed by atoms with van der Waals surface area (Å²) in [4.78, 5) is 3.51. The molecule has 1 N–H and O–H groups in total. The highest BCUT2D eigenvalue weighted by Gasteiger charge is 2.07. The topological polar surface area (TPSA) is 20.7 Å². The predicted octanol–water partition coefficient (Wildman–Crippen LogP) is 4.11. The third-order valence-electron chi connectivity index (χ3n) is 3.40. The molecule has 0 aliphatic carbocycles. The molecule has 86 valence electrons. The maximum Gasteiger partial charge on any atom is 0.0709 e. The Balaban J connectivity index is 2.17. The van der Waals surface area contributed by atoms with Gasteiger partial charge in [-0.3, -0.25) is 0 Å². The van der Waals surface area contributed by atoms with Crippen LogP contribution in [0.3, 0.4) is 0 Å². The van der Waals surface area contributed by atoms with Gasteiger partial charge in [-0.15, -0.1) is 0 Å². The molecule has 2 aromatic heterocycles. The fourth-order valence-corrected chi connectivity index (χ4v) is 2.57. The summed E-state index contributed by atoms with van der Waals surface area (Å²) < 4.78 is 2.14. The van der Waals surface area contributed by atoms with E-state index in [-0.39, 0.29) is 0 Å². The van der Waals surface area contributed by atoms with Gasteiger partial charge in [0.25, 0.3) is 0 Å². The average molecular weight is 232 g/mol. The lowest BCUT2D eigenvalue weighted by atomic mass is 10.1. The number of rotatable bonds is 1. The van der Waals surface area contributed by atoms with Crippen molar-refractivity contribution in [1.29, 1.82) is 0 Å². The molecule has 18 heavy (non-hydrogen) atoms. The summed E-state index contributed by atoms with van der Waals surface area (Å²) in [5, 5.41) is 2.55. The van der Waals surface area contributed by atoms with Crippen LogP contribution < -0.4 is 0 Å². The Kier molecular flexibility index (Phi) is 1.86. The van der Waals surface area contributed by atoms with Crippen LogP contribution in [0.5, 0.6) is 0 Å². The molecule has 2 heteroatoms. The first-order chi connectivity index (χ1) is 8.93. The van der Waals surface area contributed by atoms with Gasteiger partial charge < -0.3 is 9.55 Å². The Hall–Kier alpha value is -2.48. The number of hydrogen-bond donors (Lipinski definition) is 1. The number of H-pyrrole nitrogens is 1. The van der Waals surface area contributed by atoms with Gasteiger partial charge in [-0.25, -0.2) is 0 Å². The summed E-state index contributed by atoms with van der Waals surface area (Å²) in [5.41, 5.74) is 3.57. The summed E-state index contributed by atoms with van der Waals surface area (Å²) in [6.07, 6.45) is 4.14. The molecular formula is C16H12N2. The van der Waals surface area contributed by atoms with Crippen molar-refractivity contribution in [2.75, 3.05) is 0 Å². The minimum Gasteiger partial charge on any atom is -0.353 e. The number of aromatic amines is 1. The van der Waals surface area contributed by atoms with Crippen LogP contribution in [0, 0.1) is 0 Å². The smallest absolute Gasteiger partial charge is 0.0709 e. The van der Waals surface area contributed by atoms with E-state index >= 15 is 0 Å². The van der Waals surface area contributed by atoms with E-state index in [0.29, 0.717) is 0 Å². The summed E-state index contributed by atoms with van der Waals surface area (Å²) in [7, 11) is 0. The molecule has 0 bridgehead atoms. The quantitative estimate of drug-likeness (QED) is 0.510. The van der Waals surface area contributed by atoms with E-state index in [1.54, 1.807) is 0 Å². The summed E-state index contributed by atoms with van der Waals surface area (Å²) >= 11 is 0. The Bertz CT molecular complexity index is 823. The third-order valence-corrected chi connectivity index (χ3v) is 3.40. The van der Waals surface area contributed by atoms with Crippen molar-refractivity contribution in [3.05, 3.63) is 67.0 Å². The zero-order valence-electron chi connectivity index (χ0n) is 9.80. The monoisotopic (exact) mass is 232 g/mol. The number of hydrogen-bond acceptors (Lipinski definition) is 0.